The number of carbonyl (C=O) groups is 1. The summed E-state index contributed by atoms with van der Waals surface area (Å²) in [6.45, 7) is 0.528. The smallest absolute Gasteiger partial charge is 0.358 e. The SMILES string of the molecule is NCc1nc(C(=O)OCc2ccc(Cl)cc2)cs1. The van der Waals surface area contributed by atoms with Gasteiger partial charge in [0.15, 0.2) is 5.69 Å². The van der Waals surface area contributed by atoms with Crippen LogP contribution in [0, 0.1) is 0 Å². The van der Waals surface area contributed by atoms with E-state index in [0.29, 0.717) is 22.3 Å². The van der Waals surface area contributed by atoms with Gasteiger partial charge in [-0.25, -0.2) is 9.78 Å². The molecule has 0 aliphatic heterocycles. The lowest BCUT2D eigenvalue weighted by atomic mass is 10.2. The maximum atomic E-state index is 11.7. The molecule has 2 N–H and O–H groups in total. The van der Waals surface area contributed by atoms with Gasteiger partial charge in [-0.15, -0.1) is 11.3 Å². The minimum absolute atomic E-state index is 0.200. The van der Waals surface area contributed by atoms with Crippen LogP contribution in [0.1, 0.15) is 21.1 Å². The zero-order valence-electron chi connectivity index (χ0n) is 9.43. The first-order valence-electron chi connectivity index (χ1n) is 5.25. The Kier molecular flexibility index (Phi) is 4.30. The van der Waals surface area contributed by atoms with Crippen molar-refractivity contribution in [2.24, 2.45) is 5.73 Å². The van der Waals surface area contributed by atoms with Crippen LogP contribution in [0.5, 0.6) is 0 Å². The van der Waals surface area contributed by atoms with E-state index in [9.17, 15) is 4.79 Å². The Balaban J connectivity index is 1.93. The zero-order chi connectivity index (χ0) is 13.0. The number of aromatic nitrogens is 1. The zero-order valence-corrected chi connectivity index (χ0v) is 11.0. The quantitative estimate of drug-likeness (QED) is 0.876. The first-order valence-corrected chi connectivity index (χ1v) is 6.51. The van der Waals surface area contributed by atoms with Crippen LogP contribution in [0.2, 0.25) is 5.02 Å². The molecule has 0 aliphatic carbocycles. The molecule has 0 fully saturated rings. The molecule has 0 amide bonds. The maximum Gasteiger partial charge on any atom is 0.358 e. The van der Waals surface area contributed by atoms with Crippen LogP contribution in [0.4, 0.5) is 0 Å². The van der Waals surface area contributed by atoms with E-state index in [4.69, 9.17) is 22.1 Å². The van der Waals surface area contributed by atoms with Crippen molar-refractivity contribution in [1.29, 1.82) is 0 Å². The standard InChI is InChI=1S/C12H11ClN2O2S/c13-9-3-1-8(2-4-9)6-17-12(16)10-7-18-11(5-14)15-10/h1-4,7H,5-6,14H2. The summed E-state index contributed by atoms with van der Waals surface area (Å²) in [5, 5.41) is 3.01. The summed E-state index contributed by atoms with van der Waals surface area (Å²) in [5.74, 6) is -0.444. The molecule has 0 atom stereocenters. The first-order chi connectivity index (χ1) is 8.69. The molecule has 0 aliphatic rings. The number of ether oxygens (including phenoxy) is 1. The molecule has 2 rings (SSSR count). The summed E-state index contributed by atoms with van der Waals surface area (Å²) in [6, 6.07) is 7.12. The van der Waals surface area contributed by atoms with Crippen molar-refractivity contribution in [2.75, 3.05) is 0 Å². The highest BCUT2D eigenvalue weighted by molar-refractivity contribution is 7.09. The lowest BCUT2D eigenvalue weighted by molar-refractivity contribution is 0.0466. The molecule has 4 nitrogen and oxygen atoms in total. The average Bonchev–Trinajstić information content (AvgIpc) is 2.86. The second-order valence-electron chi connectivity index (χ2n) is 3.53. The van der Waals surface area contributed by atoms with Crippen molar-refractivity contribution >= 4 is 28.9 Å². The van der Waals surface area contributed by atoms with Gasteiger partial charge in [0.05, 0.1) is 0 Å². The van der Waals surface area contributed by atoms with Gasteiger partial charge >= 0.3 is 5.97 Å². The van der Waals surface area contributed by atoms with Crippen molar-refractivity contribution < 1.29 is 9.53 Å². The fourth-order valence-electron chi connectivity index (χ4n) is 1.30. The first kappa shape index (κ1) is 13.0. The van der Waals surface area contributed by atoms with E-state index in [1.54, 1.807) is 17.5 Å². The van der Waals surface area contributed by atoms with E-state index >= 15 is 0 Å². The molecule has 1 aromatic carbocycles. The fourth-order valence-corrected chi connectivity index (χ4v) is 2.07. The highest BCUT2D eigenvalue weighted by Crippen LogP contribution is 2.13. The molecular weight excluding hydrogens is 272 g/mol. The number of nitrogens with zero attached hydrogens (tertiary/aromatic N) is 1. The molecule has 0 bridgehead atoms. The number of hydrogen-bond donors (Lipinski definition) is 1. The number of carbonyl (C=O) groups excluding carboxylic acids is 1. The average molecular weight is 283 g/mol. The van der Waals surface area contributed by atoms with Gasteiger partial charge in [-0.1, -0.05) is 23.7 Å². The highest BCUT2D eigenvalue weighted by atomic mass is 35.5. The topological polar surface area (TPSA) is 65.2 Å². The minimum atomic E-state index is -0.444. The Hall–Kier alpha value is -1.43. The Bertz CT molecular complexity index is 539. The number of benzene rings is 1. The lowest BCUT2D eigenvalue weighted by Gasteiger charge is -2.03. The number of thiazole rings is 1. The molecule has 94 valence electrons. The predicted molar refractivity (Wildman–Crippen MR) is 70.6 cm³/mol. The summed E-state index contributed by atoms with van der Waals surface area (Å²) in [7, 11) is 0. The Morgan fingerprint density at radius 1 is 1.39 bits per heavy atom. The van der Waals surface area contributed by atoms with Crippen molar-refractivity contribution in [3.05, 3.63) is 50.9 Å². The van der Waals surface area contributed by atoms with Gasteiger partial charge < -0.3 is 10.5 Å². The van der Waals surface area contributed by atoms with Crippen LogP contribution >= 0.6 is 22.9 Å². The van der Waals surface area contributed by atoms with Crippen LogP contribution in [0.25, 0.3) is 0 Å². The van der Waals surface area contributed by atoms with Gasteiger partial charge in [0, 0.05) is 16.9 Å². The van der Waals surface area contributed by atoms with Crippen LogP contribution < -0.4 is 5.73 Å². The molecule has 0 saturated heterocycles. The molecule has 0 spiro atoms. The van der Waals surface area contributed by atoms with Crippen LogP contribution in [-0.2, 0) is 17.9 Å². The van der Waals surface area contributed by atoms with Gasteiger partial charge in [-0.2, -0.15) is 0 Å². The third-order valence-corrected chi connectivity index (χ3v) is 3.34. The summed E-state index contributed by atoms with van der Waals surface area (Å²) < 4.78 is 5.13. The van der Waals surface area contributed by atoms with E-state index in [0.717, 1.165) is 5.56 Å². The normalized spacial score (nSPS) is 10.3. The molecule has 0 unspecified atom stereocenters. The van der Waals surface area contributed by atoms with E-state index in [-0.39, 0.29) is 6.61 Å². The molecule has 2 aromatic rings. The molecule has 0 radical (unpaired) electrons. The van der Waals surface area contributed by atoms with Gasteiger partial charge in [-0.3, -0.25) is 0 Å². The van der Waals surface area contributed by atoms with Crippen LogP contribution in [-0.4, -0.2) is 11.0 Å². The van der Waals surface area contributed by atoms with Gasteiger partial charge in [0.2, 0.25) is 0 Å². The summed E-state index contributed by atoms with van der Waals surface area (Å²) in [6.07, 6.45) is 0. The van der Waals surface area contributed by atoms with E-state index in [1.165, 1.54) is 11.3 Å². The van der Waals surface area contributed by atoms with Crippen molar-refractivity contribution in [3.8, 4) is 0 Å². The Labute approximate surface area is 113 Å². The van der Waals surface area contributed by atoms with E-state index in [2.05, 4.69) is 4.98 Å². The molecule has 1 heterocycles. The summed E-state index contributed by atoms with van der Waals surface area (Å²) in [4.78, 5) is 15.7. The highest BCUT2D eigenvalue weighted by Gasteiger charge is 2.11. The summed E-state index contributed by atoms with van der Waals surface area (Å²) in [5.41, 5.74) is 6.60. The van der Waals surface area contributed by atoms with E-state index < -0.39 is 5.97 Å². The molecule has 0 saturated carbocycles. The monoisotopic (exact) mass is 282 g/mol. The van der Waals surface area contributed by atoms with Crippen molar-refractivity contribution in [1.82, 2.24) is 4.98 Å². The third kappa shape index (κ3) is 3.29. The number of hydrogen-bond acceptors (Lipinski definition) is 5. The molecule has 18 heavy (non-hydrogen) atoms. The van der Waals surface area contributed by atoms with Gasteiger partial charge in [0.1, 0.15) is 11.6 Å². The molecular formula is C12H11ClN2O2S. The second kappa shape index (κ2) is 5.95. The number of esters is 1. The minimum Gasteiger partial charge on any atom is -0.456 e. The number of halogens is 1. The van der Waals surface area contributed by atoms with Crippen molar-refractivity contribution in [3.63, 3.8) is 0 Å². The van der Waals surface area contributed by atoms with Crippen LogP contribution in [0.15, 0.2) is 29.6 Å². The lowest BCUT2D eigenvalue weighted by Crippen LogP contribution is -2.06. The molecule has 6 heteroatoms. The maximum absolute atomic E-state index is 11.7. The largest absolute Gasteiger partial charge is 0.456 e. The fraction of sp³-hybridized carbons (Fsp3) is 0.167. The number of nitrogens with two attached hydrogens (primary N) is 1. The summed E-state index contributed by atoms with van der Waals surface area (Å²) >= 11 is 7.11. The number of rotatable bonds is 4. The van der Waals surface area contributed by atoms with Crippen molar-refractivity contribution in [2.45, 2.75) is 13.2 Å². The predicted octanol–water partition coefficient (Wildman–Crippen LogP) is 2.61. The Morgan fingerprint density at radius 3 is 2.72 bits per heavy atom. The van der Waals surface area contributed by atoms with Gasteiger partial charge in [-0.05, 0) is 17.7 Å². The van der Waals surface area contributed by atoms with Crippen LogP contribution in [0.3, 0.4) is 0 Å². The molecule has 1 aromatic heterocycles. The van der Waals surface area contributed by atoms with Gasteiger partial charge in [0.25, 0.3) is 0 Å². The van der Waals surface area contributed by atoms with E-state index in [1.807, 2.05) is 12.1 Å². The third-order valence-electron chi connectivity index (χ3n) is 2.22. The Morgan fingerprint density at radius 2 is 2.11 bits per heavy atom. The second-order valence-corrected chi connectivity index (χ2v) is 4.91.